The van der Waals surface area contributed by atoms with Gasteiger partial charge in [-0.15, -0.1) is 0 Å². The van der Waals surface area contributed by atoms with Crippen LogP contribution >= 0.6 is 0 Å². The smallest absolute Gasteiger partial charge is 0.308 e. The minimum absolute atomic E-state index is 0.226. The second-order valence-electron chi connectivity index (χ2n) is 3.79. The number of aromatic nitrogens is 1. The van der Waals surface area contributed by atoms with Gasteiger partial charge < -0.3 is 9.72 Å². The van der Waals surface area contributed by atoms with Crippen LogP contribution in [-0.2, 0) is 11.2 Å². The molecule has 1 aromatic heterocycles. The number of carbonyl (C=O) groups is 1. The molecule has 88 valence electrons. The highest BCUT2D eigenvalue weighted by Gasteiger charge is 2.09. The number of ether oxygens (including phenoxy) is 1. The first-order valence-corrected chi connectivity index (χ1v) is 5.45. The van der Waals surface area contributed by atoms with E-state index in [2.05, 4.69) is 4.98 Å². The lowest BCUT2D eigenvalue weighted by atomic mass is 10.1. The van der Waals surface area contributed by atoms with Gasteiger partial charge in [0.05, 0.1) is 5.39 Å². The number of carbonyl (C=O) groups excluding carboxylic acids is 1. The number of hydrogen-bond donors (Lipinski definition) is 1. The van der Waals surface area contributed by atoms with Gasteiger partial charge in [0.25, 0.3) is 5.56 Å². The number of aromatic amines is 1. The van der Waals surface area contributed by atoms with Crippen molar-refractivity contribution in [2.24, 2.45) is 0 Å². The van der Waals surface area contributed by atoms with E-state index in [1.165, 1.54) is 6.92 Å². The molecule has 4 heteroatoms. The van der Waals surface area contributed by atoms with Crippen molar-refractivity contribution >= 4 is 16.7 Å². The number of nitrogens with one attached hydrogen (secondary N) is 1. The summed E-state index contributed by atoms with van der Waals surface area (Å²) in [7, 11) is 0. The molecule has 1 heterocycles. The molecule has 17 heavy (non-hydrogen) atoms. The van der Waals surface area contributed by atoms with E-state index in [1.807, 2.05) is 19.1 Å². The molecule has 0 aliphatic heterocycles. The Bertz CT molecular complexity index is 628. The van der Waals surface area contributed by atoms with Gasteiger partial charge in [-0.25, -0.2) is 0 Å². The predicted molar refractivity (Wildman–Crippen MR) is 65.3 cm³/mol. The molecule has 0 atom stereocenters. The maximum Gasteiger partial charge on any atom is 0.308 e. The molecule has 0 aliphatic carbocycles. The highest BCUT2D eigenvalue weighted by atomic mass is 16.5. The summed E-state index contributed by atoms with van der Waals surface area (Å²) in [5.41, 5.74) is 0.638. The van der Waals surface area contributed by atoms with Crippen LogP contribution in [0.15, 0.2) is 29.1 Å². The average Bonchev–Trinajstić information content (AvgIpc) is 2.27. The zero-order valence-electron chi connectivity index (χ0n) is 9.74. The molecule has 0 unspecified atom stereocenters. The second-order valence-corrected chi connectivity index (χ2v) is 3.79. The summed E-state index contributed by atoms with van der Waals surface area (Å²) in [4.78, 5) is 25.6. The molecule has 1 N–H and O–H groups in total. The van der Waals surface area contributed by atoms with E-state index in [4.69, 9.17) is 4.74 Å². The van der Waals surface area contributed by atoms with Crippen molar-refractivity contribution in [3.63, 3.8) is 0 Å². The van der Waals surface area contributed by atoms with Crippen LogP contribution in [0.2, 0.25) is 0 Å². The van der Waals surface area contributed by atoms with Gasteiger partial charge >= 0.3 is 5.97 Å². The quantitative estimate of drug-likeness (QED) is 0.635. The number of benzene rings is 1. The minimum Gasteiger partial charge on any atom is -0.426 e. The Morgan fingerprint density at radius 1 is 1.41 bits per heavy atom. The zero-order chi connectivity index (χ0) is 12.4. The lowest BCUT2D eigenvalue weighted by molar-refractivity contribution is -0.131. The van der Waals surface area contributed by atoms with E-state index in [1.54, 1.807) is 12.1 Å². The second kappa shape index (κ2) is 4.41. The van der Waals surface area contributed by atoms with E-state index in [0.717, 1.165) is 17.5 Å². The highest BCUT2D eigenvalue weighted by Crippen LogP contribution is 2.22. The SMILES string of the molecule is CCc1cc2cccc(OC(C)=O)c2c(=O)[nH]1. The number of hydrogen-bond acceptors (Lipinski definition) is 3. The zero-order valence-corrected chi connectivity index (χ0v) is 9.74. The van der Waals surface area contributed by atoms with Gasteiger partial charge in [0.1, 0.15) is 5.75 Å². The largest absolute Gasteiger partial charge is 0.426 e. The Balaban J connectivity index is 2.72. The number of pyridine rings is 1. The van der Waals surface area contributed by atoms with E-state index in [9.17, 15) is 9.59 Å². The lowest BCUT2D eigenvalue weighted by Gasteiger charge is -2.06. The maximum atomic E-state index is 11.9. The van der Waals surface area contributed by atoms with Crippen molar-refractivity contribution in [3.05, 3.63) is 40.3 Å². The summed E-state index contributed by atoms with van der Waals surface area (Å²) >= 11 is 0. The summed E-state index contributed by atoms with van der Waals surface area (Å²) in [6.07, 6.45) is 0.753. The van der Waals surface area contributed by atoms with Crippen LogP contribution in [-0.4, -0.2) is 11.0 Å². The van der Waals surface area contributed by atoms with Crippen LogP contribution in [0.25, 0.3) is 10.8 Å². The number of esters is 1. The molecule has 1 aromatic carbocycles. The van der Waals surface area contributed by atoms with Crippen LogP contribution in [0.5, 0.6) is 5.75 Å². The molecule has 0 saturated heterocycles. The Morgan fingerprint density at radius 3 is 2.82 bits per heavy atom. The fourth-order valence-electron chi connectivity index (χ4n) is 1.77. The first-order chi connectivity index (χ1) is 8.11. The molecule has 0 aliphatic rings. The molecule has 0 amide bonds. The number of rotatable bonds is 2. The van der Waals surface area contributed by atoms with E-state index >= 15 is 0 Å². The average molecular weight is 231 g/mol. The van der Waals surface area contributed by atoms with Gasteiger partial charge in [-0.2, -0.15) is 0 Å². The third kappa shape index (κ3) is 2.20. The summed E-state index contributed by atoms with van der Waals surface area (Å²) in [5, 5.41) is 1.20. The molecule has 2 aromatic rings. The summed E-state index contributed by atoms with van der Waals surface area (Å²) in [6, 6.07) is 7.10. The molecule has 0 fully saturated rings. The molecule has 2 rings (SSSR count). The van der Waals surface area contributed by atoms with Crippen LogP contribution in [0.1, 0.15) is 19.5 Å². The molecule has 0 radical (unpaired) electrons. The maximum absolute atomic E-state index is 11.9. The standard InChI is InChI=1S/C13H13NO3/c1-3-10-7-9-5-4-6-11(17-8(2)15)12(9)13(16)14-10/h4-7H,3H2,1-2H3,(H,14,16). The van der Waals surface area contributed by atoms with Gasteiger partial charge in [-0.1, -0.05) is 19.1 Å². The van der Waals surface area contributed by atoms with Crippen molar-refractivity contribution in [2.75, 3.05) is 0 Å². The van der Waals surface area contributed by atoms with Crippen molar-refractivity contribution < 1.29 is 9.53 Å². The Hall–Kier alpha value is -2.10. The van der Waals surface area contributed by atoms with Gasteiger partial charge in [0, 0.05) is 12.6 Å². The third-order valence-corrected chi connectivity index (χ3v) is 2.52. The topological polar surface area (TPSA) is 59.2 Å². The van der Waals surface area contributed by atoms with Gasteiger partial charge in [0.15, 0.2) is 0 Å². The summed E-state index contributed by atoms with van der Waals surface area (Å²) in [5.74, 6) is -0.129. The van der Waals surface area contributed by atoms with E-state index < -0.39 is 5.97 Å². The Labute approximate surface area is 98.2 Å². The molecular formula is C13H13NO3. The van der Waals surface area contributed by atoms with Crippen molar-refractivity contribution in [3.8, 4) is 5.75 Å². The lowest BCUT2D eigenvalue weighted by Crippen LogP contribution is -2.11. The Kier molecular flexibility index (Phi) is 2.95. The summed E-state index contributed by atoms with van der Waals surface area (Å²) < 4.78 is 5.02. The monoisotopic (exact) mass is 231 g/mol. The van der Waals surface area contributed by atoms with Gasteiger partial charge in [0.2, 0.25) is 0 Å². The molecular weight excluding hydrogens is 218 g/mol. The Morgan fingerprint density at radius 2 is 2.18 bits per heavy atom. The van der Waals surface area contributed by atoms with Crippen LogP contribution < -0.4 is 10.3 Å². The number of fused-ring (bicyclic) bond motifs is 1. The predicted octanol–water partition coefficient (Wildman–Crippen LogP) is 2.02. The first kappa shape index (κ1) is 11.4. The van der Waals surface area contributed by atoms with Gasteiger partial charge in [-0.05, 0) is 23.9 Å². The highest BCUT2D eigenvalue weighted by molar-refractivity contribution is 5.89. The van der Waals surface area contributed by atoms with Gasteiger partial charge in [-0.3, -0.25) is 9.59 Å². The molecule has 0 saturated carbocycles. The fourth-order valence-corrected chi connectivity index (χ4v) is 1.77. The number of aryl methyl sites for hydroxylation is 1. The molecule has 0 spiro atoms. The van der Waals surface area contributed by atoms with E-state index in [0.29, 0.717) is 11.1 Å². The minimum atomic E-state index is -0.434. The third-order valence-electron chi connectivity index (χ3n) is 2.52. The van der Waals surface area contributed by atoms with Crippen molar-refractivity contribution in [1.29, 1.82) is 0 Å². The van der Waals surface area contributed by atoms with E-state index in [-0.39, 0.29) is 5.56 Å². The molecule has 0 bridgehead atoms. The first-order valence-electron chi connectivity index (χ1n) is 5.45. The van der Waals surface area contributed by atoms with Crippen LogP contribution in [0.3, 0.4) is 0 Å². The molecule has 4 nitrogen and oxygen atoms in total. The fraction of sp³-hybridized carbons (Fsp3) is 0.231. The number of H-pyrrole nitrogens is 1. The van der Waals surface area contributed by atoms with Crippen molar-refractivity contribution in [2.45, 2.75) is 20.3 Å². The summed E-state index contributed by atoms with van der Waals surface area (Å²) in [6.45, 7) is 3.28. The normalized spacial score (nSPS) is 10.5. The van der Waals surface area contributed by atoms with Crippen LogP contribution in [0, 0.1) is 0 Å². The van der Waals surface area contributed by atoms with Crippen molar-refractivity contribution in [1.82, 2.24) is 4.98 Å². The van der Waals surface area contributed by atoms with Crippen LogP contribution in [0.4, 0.5) is 0 Å².